The van der Waals surface area contributed by atoms with E-state index in [9.17, 15) is 10.1 Å². The Labute approximate surface area is 156 Å². The van der Waals surface area contributed by atoms with E-state index in [0.29, 0.717) is 22.0 Å². The summed E-state index contributed by atoms with van der Waals surface area (Å²) in [6.07, 6.45) is 1.45. The number of nitrogens with one attached hydrogen (secondary N) is 1. The largest absolute Gasteiger partial charge is 0.490 e. The number of halogens is 2. The van der Waals surface area contributed by atoms with Crippen LogP contribution in [0.5, 0.6) is 5.75 Å². The zero-order valence-electron chi connectivity index (χ0n) is 13.7. The Bertz CT molecular complexity index is 855. The molecule has 128 valence electrons. The zero-order valence-corrected chi connectivity index (χ0v) is 15.2. The maximum absolute atomic E-state index is 12.4. The van der Waals surface area contributed by atoms with Gasteiger partial charge in [-0.15, -0.1) is 0 Å². The predicted octanol–water partition coefficient (Wildman–Crippen LogP) is 5.33. The Morgan fingerprint density at radius 2 is 1.92 bits per heavy atom. The van der Waals surface area contributed by atoms with Gasteiger partial charge in [-0.05, 0) is 38.1 Å². The van der Waals surface area contributed by atoms with Gasteiger partial charge in [0.2, 0.25) is 0 Å². The van der Waals surface area contributed by atoms with E-state index >= 15 is 0 Å². The minimum absolute atomic E-state index is 0.0285. The van der Waals surface area contributed by atoms with Crippen LogP contribution in [0.3, 0.4) is 0 Å². The molecular weight excluding hydrogens is 359 g/mol. The number of nitrogens with zero attached hydrogens (tertiary/aromatic N) is 1. The number of carbonyl (C=O) groups excluding carboxylic acids is 1. The number of amides is 1. The van der Waals surface area contributed by atoms with Crippen LogP contribution in [0.1, 0.15) is 19.4 Å². The average Bonchev–Trinajstić information content (AvgIpc) is 2.57. The number of rotatable bonds is 5. The van der Waals surface area contributed by atoms with Crippen molar-refractivity contribution in [2.24, 2.45) is 0 Å². The summed E-state index contributed by atoms with van der Waals surface area (Å²) in [6.45, 7) is 3.80. The van der Waals surface area contributed by atoms with Gasteiger partial charge >= 0.3 is 0 Å². The van der Waals surface area contributed by atoms with E-state index in [1.165, 1.54) is 6.08 Å². The van der Waals surface area contributed by atoms with Crippen molar-refractivity contribution in [2.45, 2.75) is 20.0 Å². The second-order valence-electron chi connectivity index (χ2n) is 5.43. The van der Waals surface area contributed by atoms with E-state index in [1.807, 2.05) is 26.0 Å². The van der Waals surface area contributed by atoms with Crippen LogP contribution < -0.4 is 10.1 Å². The standard InChI is InChI=1S/C19H16Cl2N2O2/c1-12(2)25-17-9-4-3-6-13(17)10-14(11-22)19(24)23-16-8-5-7-15(20)18(16)21/h3-10,12H,1-2H3,(H,23,24)/b14-10+. The molecule has 0 bridgehead atoms. The summed E-state index contributed by atoms with van der Waals surface area (Å²) in [6, 6.07) is 14.0. The second-order valence-corrected chi connectivity index (χ2v) is 6.21. The highest BCUT2D eigenvalue weighted by Crippen LogP contribution is 2.30. The summed E-state index contributed by atoms with van der Waals surface area (Å²) in [5.41, 5.74) is 0.906. The summed E-state index contributed by atoms with van der Waals surface area (Å²) in [5.74, 6) is 0.0184. The Balaban J connectivity index is 2.30. The molecule has 0 aliphatic carbocycles. The Morgan fingerprint density at radius 3 is 2.60 bits per heavy atom. The lowest BCUT2D eigenvalue weighted by atomic mass is 10.1. The number of carbonyl (C=O) groups is 1. The van der Waals surface area contributed by atoms with Gasteiger partial charge in [-0.1, -0.05) is 47.5 Å². The van der Waals surface area contributed by atoms with E-state index in [0.717, 1.165) is 0 Å². The number of para-hydroxylation sites is 1. The van der Waals surface area contributed by atoms with Crippen LogP contribution >= 0.6 is 23.2 Å². The fourth-order valence-electron chi connectivity index (χ4n) is 2.06. The third kappa shape index (κ3) is 4.99. The maximum Gasteiger partial charge on any atom is 0.266 e. The first-order valence-electron chi connectivity index (χ1n) is 7.55. The van der Waals surface area contributed by atoms with Gasteiger partial charge in [-0.2, -0.15) is 5.26 Å². The molecule has 0 fully saturated rings. The van der Waals surface area contributed by atoms with Crippen LogP contribution in [0.4, 0.5) is 5.69 Å². The van der Waals surface area contributed by atoms with Crippen molar-refractivity contribution in [3.05, 3.63) is 63.6 Å². The number of ether oxygens (including phenoxy) is 1. The van der Waals surface area contributed by atoms with Gasteiger partial charge in [0.1, 0.15) is 17.4 Å². The van der Waals surface area contributed by atoms with Gasteiger partial charge in [0, 0.05) is 5.56 Å². The molecule has 2 rings (SSSR count). The SMILES string of the molecule is CC(C)Oc1ccccc1/C=C(\C#N)C(=O)Nc1cccc(Cl)c1Cl. The average molecular weight is 375 g/mol. The molecule has 0 radical (unpaired) electrons. The molecule has 6 heteroatoms. The van der Waals surface area contributed by atoms with Crippen LogP contribution in [0, 0.1) is 11.3 Å². The highest BCUT2D eigenvalue weighted by molar-refractivity contribution is 6.44. The van der Waals surface area contributed by atoms with E-state index in [2.05, 4.69) is 5.32 Å². The first-order valence-corrected chi connectivity index (χ1v) is 8.30. The van der Waals surface area contributed by atoms with Crippen molar-refractivity contribution in [3.8, 4) is 11.8 Å². The van der Waals surface area contributed by atoms with Crippen molar-refractivity contribution in [1.29, 1.82) is 5.26 Å². The Hall–Kier alpha value is -2.48. The van der Waals surface area contributed by atoms with Crippen molar-refractivity contribution in [1.82, 2.24) is 0 Å². The molecule has 2 aromatic carbocycles. The van der Waals surface area contributed by atoms with Gasteiger partial charge in [0.25, 0.3) is 5.91 Å². The van der Waals surface area contributed by atoms with Crippen molar-refractivity contribution in [3.63, 3.8) is 0 Å². The highest BCUT2D eigenvalue weighted by atomic mass is 35.5. The summed E-state index contributed by atoms with van der Waals surface area (Å²) >= 11 is 12.0. The quantitative estimate of drug-likeness (QED) is 0.568. The van der Waals surface area contributed by atoms with Gasteiger partial charge in [0.05, 0.1) is 21.8 Å². The molecule has 0 saturated heterocycles. The van der Waals surface area contributed by atoms with Crippen LogP contribution in [-0.2, 0) is 4.79 Å². The second kappa shape index (κ2) is 8.57. The van der Waals surface area contributed by atoms with Gasteiger partial charge in [0.15, 0.2) is 0 Å². The molecule has 25 heavy (non-hydrogen) atoms. The Kier molecular flexibility index (Phi) is 6.46. The lowest BCUT2D eigenvalue weighted by Crippen LogP contribution is -2.14. The predicted molar refractivity (Wildman–Crippen MR) is 101 cm³/mol. The van der Waals surface area contributed by atoms with E-state index in [1.54, 1.807) is 36.4 Å². The lowest BCUT2D eigenvalue weighted by molar-refractivity contribution is -0.112. The maximum atomic E-state index is 12.4. The van der Waals surface area contributed by atoms with Crippen molar-refractivity contribution in [2.75, 3.05) is 5.32 Å². The summed E-state index contributed by atoms with van der Waals surface area (Å²) in [7, 11) is 0. The first-order chi connectivity index (χ1) is 11.9. The van der Waals surface area contributed by atoms with Gasteiger partial charge in [-0.3, -0.25) is 4.79 Å². The van der Waals surface area contributed by atoms with Crippen LogP contribution in [0.2, 0.25) is 10.0 Å². The third-order valence-electron chi connectivity index (χ3n) is 3.15. The Morgan fingerprint density at radius 1 is 1.20 bits per heavy atom. The third-order valence-corrected chi connectivity index (χ3v) is 3.97. The molecule has 2 aromatic rings. The molecule has 0 aliphatic rings. The highest BCUT2D eigenvalue weighted by Gasteiger charge is 2.14. The smallest absolute Gasteiger partial charge is 0.266 e. The summed E-state index contributed by atoms with van der Waals surface area (Å²) in [5, 5.41) is 12.5. The van der Waals surface area contributed by atoms with Crippen LogP contribution in [0.15, 0.2) is 48.0 Å². The molecule has 1 amide bonds. The van der Waals surface area contributed by atoms with Gasteiger partial charge in [-0.25, -0.2) is 0 Å². The van der Waals surface area contributed by atoms with E-state index < -0.39 is 5.91 Å². The molecule has 0 heterocycles. The van der Waals surface area contributed by atoms with Crippen molar-refractivity contribution < 1.29 is 9.53 Å². The zero-order chi connectivity index (χ0) is 18.4. The van der Waals surface area contributed by atoms with Crippen molar-refractivity contribution >= 4 is 40.9 Å². The lowest BCUT2D eigenvalue weighted by Gasteiger charge is -2.12. The molecule has 1 N–H and O–H groups in total. The van der Waals surface area contributed by atoms with Crippen LogP contribution in [-0.4, -0.2) is 12.0 Å². The molecule has 0 unspecified atom stereocenters. The fraction of sp³-hybridized carbons (Fsp3) is 0.158. The minimum Gasteiger partial charge on any atom is -0.490 e. The summed E-state index contributed by atoms with van der Waals surface area (Å²) < 4.78 is 5.70. The van der Waals surface area contributed by atoms with E-state index in [-0.39, 0.29) is 16.7 Å². The van der Waals surface area contributed by atoms with E-state index in [4.69, 9.17) is 27.9 Å². The molecule has 4 nitrogen and oxygen atoms in total. The molecule has 0 aliphatic heterocycles. The number of anilines is 1. The number of hydrogen-bond donors (Lipinski definition) is 1. The van der Waals surface area contributed by atoms with Crippen LogP contribution in [0.25, 0.3) is 6.08 Å². The van der Waals surface area contributed by atoms with Gasteiger partial charge < -0.3 is 10.1 Å². The number of benzene rings is 2. The number of nitriles is 1. The normalized spacial score (nSPS) is 11.1. The monoisotopic (exact) mass is 374 g/mol. The minimum atomic E-state index is -0.578. The fourth-order valence-corrected chi connectivity index (χ4v) is 2.40. The molecule has 0 saturated carbocycles. The molecule has 0 atom stereocenters. The summed E-state index contributed by atoms with van der Waals surface area (Å²) in [4.78, 5) is 12.4. The molecule has 0 spiro atoms. The topological polar surface area (TPSA) is 62.1 Å². The molecular formula is C19H16Cl2N2O2. The first kappa shape index (κ1) is 18.9. The number of hydrogen-bond acceptors (Lipinski definition) is 3. The molecule has 0 aromatic heterocycles.